The number of amides is 1. The molecule has 140 valence electrons. The molecule has 1 aromatic carbocycles. The number of carbonyl (C=O) groups is 1. The Kier molecular flexibility index (Phi) is 5.99. The molecule has 1 aromatic heterocycles. The lowest BCUT2D eigenvalue weighted by molar-refractivity contribution is 0.102. The van der Waals surface area contributed by atoms with E-state index in [4.69, 9.17) is 9.56 Å². The molecular formula is C18H22N2O5S. The van der Waals surface area contributed by atoms with E-state index in [9.17, 15) is 18.0 Å². The summed E-state index contributed by atoms with van der Waals surface area (Å²) in [6.45, 7) is 5.83. The monoisotopic (exact) mass is 378 g/mol. The molecule has 0 aliphatic carbocycles. The minimum Gasteiger partial charge on any atom is -0.427 e. The summed E-state index contributed by atoms with van der Waals surface area (Å²) in [6.07, 6.45) is 1.51. The molecule has 2 aromatic rings. The van der Waals surface area contributed by atoms with E-state index in [0.29, 0.717) is 29.3 Å². The van der Waals surface area contributed by atoms with Crippen molar-refractivity contribution in [3.8, 4) is 0 Å². The van der Waals surface area contributed by atoms with Gasteiger partial charge < -0.3 is 9.73 Å². The van der Waals surface area contributed by atoms with Crippen LogP contribution in [0.2, 0.25) is 0 Å². The van der Waals surface area contributed by atoms with E-state index in [-0.39, 0.29) is 10.5 Å². The molecule has 0 fully saturated rings. The predicted octanol–water partition coefficient (Wildman–Crippen LogP) is 2.44. The Morgan fingerprint density at radius 3 is 2.35 bits per heavy atom. The molecule has 0 atom stereocenters. The number of nitrogens with two attached hydrogens (primary N) is 1. The molecule has 3 N–H and O–H groups in total. The Morgan fingerprint density at radius 1 is 1.23 bits per heavy atom. The van der Waals surface area contributed by atoms with Crippen molar-refractivity contribution in [1.29, 1.82) is 0 Å². The average Bonchev–Trinajstić information content (AvgIpc) is 2.52. The summed E-state index contributed by atoms with van der Waals surface area (Å²) in [5.74, 6) is 0.411. The summed E-state index contributed by atoms with van der Waals surface area (Å²) in [4.78, 5) is 24.5. The zero-order valence-corrected chi connectivity index (χ0v) is 15.7. The number of nitrogens with one attached hydrogen (secondary N) is 1. The first kappa shape index (κ1) is 19.9. The van der Waals surface area contributed by atoms with Gasteiger partial charge in [0.15, 0.2) is 0 Å². The molecular weight excluding hydrogens is 356 g/mol. The molecule has 0 aliphatic rings. The number of carbonyl (C=O) groups excluding carboxylic acids is 1. The number of hydrogen-bond acceptors (Lipinski definition) is 5. The number of benzene rings is 1. The second-order valence-corrected chi connectivity index (χ2v) is 8.08. The minimum absolute atomic E-state index is 0.0688. The van der Waals surface area contributed by atoms with Gasteiger partial charge in [0.25, 0.3) is 5.91 Å². The van der Waals surface area contributed by atoms with E-state index in [2.05, 4.69) is 19.2 Å². The van der Waals surface area contributed by atoms with Gasteiger partial charge >= 0.3 is 5.63 Å². The van der Waals surface area contributed by atoms with Gasteiger partial charge in [-0.3, -0.25) is 4.79 Å². The van der Waals surface area contributed by atoms with Crippen LogP contribution in [-0.4, -0.2) is 14.3 Å². The number of rotatable bonds is 6. The smallest absolute Gasteiger partial charge is 0.349 e. The molecule has 0 bridgehead atoms. The lowest BCUT2D eigenvalue weighted by Crippen LogP contribution is -2.23. The van der Waals surface area contributed by atoms with Crippen LogP contribution < -0.4 is 16.1 Å². The summed E-state index contributed by atoms with van der Waals surface area (Å²) in [5.41, 5.74) is 0.0972. The van der Waals surface area contributed by atoms with Crippen LogP contribution in [0.3, 0.4) is 0 Å². The lowest BCUT2D eigenvalue weighted by atomic mass is 10.0. The molecule has 0 saturated carbocycles. The molecule has 0 saturated heterocycles. The van der Waals surface area contributed by atoms with Crippen LogP contribution in [0.15, 0.2) is 44.4 Å². The Morgan fingerprint density at radius 2 is 1.85 bits per heavy atom. The fourth-order valence-corrected chi connectivity index (χ4v) is 2.94. The third kappa shape index (κ3) is 5.03. The zero-order chi connectivity index (χ0) is 19.5. The molecule has 26 heavy (non-hydrogen) atoms. The molecule has 2 rings (SSSR count). The van der Waals surface area contributed by atoms with E-state index in [0.717, 1.165) is 6.42 Å². The van der Waals surface area contributed by atoms with Crippen molar-refractivity contribution in [2.45, 2.75) is 38.5 Å². The molecule has 0 spiro atoms. The van der Waals surface area contributed by atoms with E-state index in [1.807, 2.05) is 0 Å². The quantitative estimate of drug-likeness (QED) is 0.800. The summed E-state index contributed by atoms with van der Waals surface area (Å²) < 4.78 is 27.7. The lowest BCUT2D eigenvalue weighted by Gasteiger charge is -2.09. The number of sulfonamides is 1. The molecule has 0 aliphatic heterocycles. The zero-order valence-electron chi connectivity index (χ0n) is 14.9. The summed E-state index contributed by atoms with van der Waals surface area (Å²) >= 11 is 0. The van der Waals surface area contributed by atoms with Gasteiger partial charge in [-0.25, -0.2) is 18.4 Å². The van der Waals surface area contributed by atoms with Crippen LogP contribution in [-0.2, 0) is 16.4 Å². The van der Waals surface area contributed by atoms with Crippen molar-refractivity contribution < 1.29 is 17.6 Å². The Hall–Kier alpha value is -2.45. The van der Waals surface area contributed by atoms with Crippen LogP contribution in [0.5, 0.6) is 0 Å². The van der Waals surface area contributed by atoms with Crippen LogP contribution in [0, 0.1) is 12.8 Å². The topological polar surface area (TPSA) is 119 Å². The Bertz CT molecular complexity index is 960. The number of primary sulfonamides is 1. The van der Waals surface area contributed by atoms with Crippen molar-refractivity contribution in [3.05, 3.63) is 57.6 Å². The Balaban J connectivity index is 2.20. The fourth-order valence-electron chi connectivity index (χ4n) is 2.42. The summed E-state index contributed by atoms with van der Waals surface area (Å²) in [7, 11) is -3.81. The highest BCUT2D eigenvalue weighted by molar-refractivity contribution is 7.89. The molecule has 1 heterocycles. The third-order valence-electron chi connectivity index (χ3n) is 3.84. The van der Waals surface area contributed by atoms with Crippen molar-refractivity contribution in [2.75, 3.05) is 5.32 Å². The Labute approximate surface area is 152 Å². The highest BCUT2D eigenvalue weighted by Gasteiger charge is 2.17. The highest BCUT2D eigenvalue weighted by atomic mass is 32.2. The van der Waals surface area contributed by atoms with E-state index in [1.165, 1.54) is 24.3 Å². The average molecular weight is 378 g/mol. The van der Waals surface area contributed by atoms with Crippen LogP contribution in [0.25, 0.3) is 0 Å². The SMILES string of the molecule is Cc1cc(CCC(C)C)oc(=O)c1C(=O)Nc1ccc(S(N)(=O)=O)cc1. The van der Waals surface area contributed by atoms with Crippen molar-refractivity contribution in [3.63, 3.8) is 0 Å². The third-order valence-corrected chi connectivity index (χ3v) is 4.76. The number of aryl methyl sites for hydroxylation is 2. The molecule has 0 unspecified atom stereocenters. The highest BCUT2D eigenvalue weighted by Crippen LogP contribution is 2.16. The van der Waals surface area contributed by atoms with Gasteiger partial charge in [0.05, 0.1) is 4.90 Å². The first-order valence-corrected chi connectivity index (χ1v) is 9.70. The van der Waals surface area contributed by atoms with Crippen molar-refractivity contribution in [2.24, 2.45) is 11.1 Å². The molecule has 8 heteroatoms. The van der Waals surface area contributed by atoms with Gasteiger partial charge in [-0.05, 0) is 55.2 Å². The number of hydrogen-bond donors (Lipinski definition) is 2. The maximum atomic E-state index is 12.4. The predicted molar refractivity (Wildman–Crippen MR) is 98.6 cm³/mol. The summed E-state index contributed by atoms with van der Waals surface area (Å²) in [5, 5.41) is 7.58. The standard InChI is InChI=1S/C18H22N2O5S/c1-11(2)4-7-14-10-12(3)16(18(22)25-14)17(21)20-13-5-8-15(9-6-13)26(19,23)24/h5-6,8-11H,4,7H2,1-3H3,(H,20,21)(H2,19,23,24). The second kappa shape index (κ2) is 7.84. The van der Waals surface area contributed by atoms with Crippen LogP contribution >= 0.6 is 0 Å². The van der Waals surface area contributed by atoms with Crippen molar-refractivity contribution in [1.82, 2.24) is 0 Å². The maximum absolute atomic E-state index is 12.4. The van der Waals surface area contributed by atoms with Crippen LogP contribution in [0.1, 0.15) is 41.9 Å². The second-order valence-electron chi connectivity index (χ2n) is 6.51. The van der Waals surface area contributed by atoms with Gasteiger partial charge in [-0.1, -0.05) is 13.8 Å². The summed E-state index contributed by atoms with van der Waals surface area (Å²) in [6, 6.07) is 7.03. The first-order chi connectivity index (χ1) is 12.1. The van der Waals surface area contributed by atoms with Gasteiger partial charge in [0.1, 0.15) is 11.3 Å². The van der Waals surface area contributed by atoms with E-state index >= 15 is 0 Å². The number of anilines is 1. The molecule has 7 nitrogen and oxygen atoms in total. The van der Waals surface area contributed by atoms with Gasteiger partial charge in [-0.15, -0.1) is 0 Å². The fraction of sp³-hybridized carbons (Fsp3) is 0.333. The van der Waals surface area contributed by atoms with Gasteiger partial charge in [0.2, 0.25) is 10.0 Å². The minimum atomic E-state index is -3.81. The van der Waals surface area contributed by atoms with Gasteiger partial charge in [0, 0.05) is 12.1 Å². The van der Waals surface area contributed by atoms with E-state index < -0.39 is 21.6 Å². The van der Waals surface area contributed by atoms with E-state index in [1.54, 1.807) is 13.0 Å². The first-order valence-electron chi connectivity index (χ1n) is 8.15. The normalized spacial score (nSPS) is 11.6. The largest absolute Gasteiger partial charge is 0.427 e. The van der Waals surface area contributed by atoms with Crippen LogP contribution in [0.4, 0.5) is 5.69 Å². The van der Waals surface area contributed by atoms with Crippen molar-refractivity contribution >= 4 is 21.6 Å². The van der Waals surface area contributed by atoms with Gasteiger partial charge in [-0.2, -0.15) is 0 Å². The maximum Gasteiger partial charge on any atom is 0.349 e. The molecule has 0 radical (unpaired) electrons. The molecule has 1 amide bonds.